The van der Waals surface area contributed by atoms with Crippen LogP contribution in [0.5, 0.6) is 0 Å². The first-order chi connectivity index (χ1) is 9.54. The second kappa shape index (κ2) is 9.78. The van der Waals surface area contributed by atoms with Gasteiger partial charge in [-0.2, -0.15) is 0 Å². The van der Waals surface area contributed by atoms with Gasteiger partial charge < -0.3 is 10.2 Å². The van der Waals surface area contributed by atoms with Crippen LogP contribution in [0.3, 0.4) is 0 Å². The van der Waals surface area contributed by atoms with E-state index in [1.807, 2.05) is 0 Å². The normalized spacial score (nSPS) is 21.9. The second-order valence-electron chi connectivity index (χ2n) is 7.65. The Bertz CT molecular complexity index is 232. The highest BCUT2D eigenvalue weighted by atomic mass is 15.2. The van der Waals surface area contributed by atoms with Gasteiger partial charge in [-0.05, 0) is 37.9 Å². The molecular formula is C18H38N2. The number of hydrogen-bond acceptors (Lipinski definition) is 2. The molecule has 0 aromatic carbocycles. The molecule has 1 rings (SSSR count). The topological polar surface area (TPSA) is 15.3 Å². The quantitative estimate of drug-likeness (QED) is 0.662. The highest BCUT2D eigenvalue weighted by Gasteiger charge is 2.27. The molecule has 1 atom stereocenters. The monoisotopic (exact) mass is 282 g/mol. The number of hydrogen-bond donors (Lipinski definition) is 1. The number of nitrogens with one attached hydrogen (secondary N) is 1. The van der Waals surface area contributed by atoms with Crippen LogP contribution in [0.25, 0.3) is 0 Å². The molecule has 1 N–H and O–H groups in total. The third kappa shape index (κ3) is 7.64. The fourth-order valence-electron chi connectivity index (χ4n) is 3.07. The van der Waals surface area contributed by atoms with Gasteiger partial charge in [-0.3, -0.25) is 0 Å². The summed E-state index contributed by atoms with van der Waals surface area (Å²) in [4.78, 5) is 2.70. The van der Waals surface area contributed by atoms with Crippen LogP contribution in [-0.2, 0) is 0 Å². The Kier molecular flexibility index (Phi) is 8.79. The van der Waals surface area contributed by atoms with Crippen LogP contribution < -0.4 is 5.32 Å². The van der Waals surface area contributed by atoms with Crippen molar-refractivity contribution in [1.82, 2.24) is 10.2 Å². The third-order valence-corrected chi connectivity index (χ3v) is 4.61. The van der Waals surface area contributed by atoms with E-state index >= 15 is 0 Å². The first kappa shape index (κ1) is 18.0. The number of rotatable bonds is 8. The van der Waals surface area contributed by atoms with Gasteiger partial charge in [-0.25, -0.2) is 0 Å². The molecule has 1 aliphatic heterocycles. The highest BCUT2D eigenvalue weighted by Crippen LogP contribution is 2.21. The molecule has 0 aromatic rings. The summed E-state index contributed by atoms with van der Waals surface area (Å²) in [6.45, 7) is 14.4. The molecule has 120 valence electrons. The van der Waals surface area contributed by atoms with E-state index in [1.54, 1.807) is 0 Å². The van der Waals surface area contributed by atoms with Crippen molar-refractivity contribution in [3.05, 3.63) is 0 Å². The molecule has 0 amide bonds. The molecule has 1 fully saturated rings. The van der Waals surface area contributed by atoms with Crippen molar-refractivity contribution < 1.29 is 0 Å². The number of nitrogens with zero attached hydrogens (tertiary/aromatic N) is 1. The van der Waals surface area contributed by atoms with Crippen LogP contribution in [0, 0.1) is 5.41 Å². The molecular weight excluding hydrogens is 244 g/mol. The van der Waals surface area contributed by atoms with E-state index in [0.29, 0.717) is 11.5 Å². The Labute approximate surface area is 127 Å². The lowest BCUT2D eigenvalue weighted by atomic mass is 9.86. The van der Waals surface area contributed by atoms with E-state index in [4.69, 9.17) is 0 Å². The molecule has 0 aliphatic carbocycles. The van der Waals surface area contributed by atoms with Gasteiger partial charge in [0.15, 0.2) is 0 Å². The summed E-state index contributed by atoms with van der Waals surface area (Å²) < 4.78 is 0. The molecule has 0 radical (unpaired) electrons. The molecule has 2 heteroatoms. The molecule has 0 saturated carbocycles. The van der Waals surface area contributed by atoms with Crippen molar-refractivity contribution in [2.45, 2.75) is 85.1 Å². The van der Waals surface area contributed by atoms with Crippen LogP contribution in [0.1, 0.15) is 79.1 Å². The first-order valence-corrected chi connectivity index (χ1v) is 8.99. The third-order valence-electron chi connectivity index (χ3n) is 4.61. The lowest BCUT2D eigenvalue weighted by molar-refractivity contribution is 0.194. The Morgan fingerprint density at radius 1 is 1.00 bits per heavy atom. The molecule has 1 saturated heterocycles. The van der Waals surface area contributed by atoms with Gasteiger partial charge in [-0.1, -0.05) is 66.2 Å². The summed E-state index contributed by atoms with van der Waals surface area (Å²) in [7, 11) is 0. The van der Waals surface area contributed by atoms with Crippen LogP contribution in [0.4, 0.5) is 0 Å². The minimum absolute atomic E-state index is 0.378. The van der Waals surface area contributed by atoms with E-state index in [9.17, 15) is 0 Å². The molecule has 1 unspecified atom stereocenters. The minimum atomic E-state index is 0.378. The van der Waals surface area contributed by atoms with E-state index in [-0.39, 0.29) is 0 Å². The summed E-state index contributed by atoms with van der Waals surface area (Å²) in [5, 5.41) is 3.73. The van der Waals surface area contributed by atoms with Crippen molar-refractivity contribution in [3.63, 3.8) is 0 Å². The Morgan fingerprint density at radius 3 is 2.30 bits per heavy atom. The number of unbranched alkanes of at least 4 members (excludes halogenated alkanes) is 6. The summed E-state index contributed by atoms with van der Waals surface area (Å²) in [6, 6.07) is 0.648. The van der Waals surface area contributed by atoms with Gasteiger partial charge in [-0.15, -0.1) is 0 Å². The van der Waals surface area contributed by atoms with Crippen molar-refractivity contribution in [1.29, 1.82) is 0 Å². The van der Waals surface area contributed by atoms with E-state index < -0.39 is 0 Å². The maximum atomic E-state index is 3.73. The van der Waals surface area contributed by atoms with E-state index in [1.165, 1.54) is 77.5 Å². The van der Waals surface area contributed by atoms with E-state index in [2.05, 4.69) is 37.9 Å². The Morgan fingerprint density at radius 2 is 1.65 bits per heavy atom. The van der Waals surface area contributed by atoms with Crippen LogP contribution in [-0.4, -0.2) is 37.1 Å². The van der Waals surface area contributed by atoms with Gasteiger partial charge in [0.2, 0.25) is 0 Å². The smallest absolute Gasteiger partial charge is 0.0243 e. The fraction of sp³-hybridized carbons (Fsp3) is 1.00. The average Bonchev–Trinajstić information content (AvgIpc) is 2.63. The summed E-state index contributed by atoms with van der Waals surface area (Å²) in [5.74, 6) is 0. The second-order valence-corrected chi connectivity index (χ2v) is 7.65. The van der Waals surface area contributed by atoms with Gasteiger partial charge >= 0.3 is 0 Å². The highest BCUT2D eigenvalue weighted by molar-refractivity contribution is 4.85. The fourth-order valence-corrected chi connectivity index (χ4v) is 3.07. The Balaban J connectivity index is 2.15. The summed E-state index contributed by atoms with van der Waals surface area (Å²) in [6.07, 6.45) is 11.2. The zero-order valence-corrected chi connectivity index (χ0v) is 14.5. The lowest BCUT2D eigenvalue weighted by Crippen LogP contribution is -2.46. The van der Waals surface area contributed by atoms with Crippen molar-refractivity contribution in [3.8, 4) is 0 Å². The lowest BCUT2D eigenvalue weighted by Gasteiger charge is -2.33. The van der Waals surface area contributed by atoms with Crippen LogP contribution in [0.2, 0.25) is 0 Å². The standard InChI is InChI=1S/C18H38N2/c1-5-6-7-8-9-10-11-14-20-15-12-13-19-17(16-20)18(2,3)4/h17,19H,5-16H2,1-4H3. The first-order valence-electron chi connectivity index (χ1n) is 8.99. The zero-order chi connectivity index (χ0) is 14.8. The molecule has 2 nitrogen and oxygen atoms in total. The van der Waals surface area contributed by atoms with Crippen LogP contribution >= 0.6 is 0 Å². The minimum Gasteiger partial charge on any atom is -0.312 e. The van der Waals surface area contributed by atoms with Crippen molar-refractivity contribution in [2.24, 2.45) is 5.41 Å². The Hall–Kier alpha value is -0.0800. The van der Waals surface area contributed by atoms with E-state index in [0.717, 1.165) is 0 Å². The SMILES string of the molecule is CCCCCCCCCN1CCCNC(C(C)(C)C)C1. The zero-order valence-electron chi connectivity index (χ0n) is 14.5. The maximum Gasteiger partial charge on any atom is 0.0243 e. The summed E-state index contributed by atoms with van der Waals surface area (Å²) >= 11 is 0. The predicted molar refractivity (Wildman–Crippen MR) is 90.3 cm³/mol. The van der Waals surface area contributed by atoms with Gasteiger partial charge in [0.05, 0.1) is 0 Å². The largest absolute Gasteiger partial charge is 0.312 e. The van der Waals surface area contributed by atoms with Gasteiger partial charge in [0.1, 0.15) is 0 Å². The molecule has 1 aliphatic rings. The van der Waals surface area contributed by atoms with Crippen LogP contribution in [0.15, 0.2) is 0 Å². The summed E-state index contributed by atoms with van der Waals surface area (Å²) in [5.41, 5.74) is 0.378. The maximum absolute atomic E-state index is 3.73. The van der Waals surface area contributed by atoms with Crippen molar-refractivity contribution in [2.75, 3.05) is 26.2 Å². The molecule has 1 heterocycles. The predicted octanol–water partition coefficient (Wildman–Crippen LogP) is 4.45. The van der Waals surface area contributed by atoms with Crippen molar-refractivity contribution >= 4 is 0 Å². The molecule has 0 spiro atoms. The molecule has 20 heavy (non-hydrogen) atoms. The van der Waals surface area contributed by atoms with Gasteiger partial charge in [0.25, 0.3) is 0 Å². The van der Waals surface area contributed by atoms with Gasteiger partial charge in [0, 0.05) is 12.6 Å². The average molecular weight is 283 g/mol. The molecule has 0 bridgehead atoms. The molecule has 0 aromatic heterocycles.